The number of hydrogen-bond acceptors (Lipinski definition) is 2. The van der Waals surface area contributed by atoms with Gasteiger partial charge in [0.2, 0.25) is 0 Å². The van der Waals surface area contributed by atoms with E-state index in [0.717, 1.165) is 42.9 Å². The molecule has 1 aliphatic rings. The molecule has 28 heavy (non-hydrogen) atoms. The van der Waals surface area contributed by atoms with E-state index in [1.807, 2.05) is 54.6 Å². The Kier molecular flexibility index (Phi) is 5.69. The Morgan fingerprint density at radius 3 is 2.43 bits per heavy atom. The molecule has 3 aromatic rings. The van der Waals surface area contributed by atoms with Gasteiger partial charge in [0.1, 0.15) is 0 Å². The summed E-state index contributed by atoms with van der Waals surface area (Å²) in [5.74, 6) is 0. The van der Waals surface area contributed by atoms with Gasteiger partial charge in [-0.15, -0.1) is 0 Å². The molecule has 4 heteroatoms. The first kappa shape index (κ1) is 18.3. The molecule has 0 aliphatic carbocycles. The second-order valence-electron chi connectivity index (χ2n) is 7.09. The highest BCUT2D eigenvalue weighted by Gasteiger charge is 2.15. The fraction of sp³-hybridized carbons (Fsp3) is 0.208. The lowest BCUT2D eigenvalue weighted by atomic mass is 10.00. The molecule has 0 aromatic heterocycles. The molecule has 2 N–H and O–H groups in total. The normalized spacial score (nSPS) is 13.6. The number of benzene rings is 3. The van der Waals surface area contributed by atoms with Gasteiger partial charge in [0.15, 0.2) is 0 Å². The minimum Gasteiger partial charge on any atom is -0.337 e. The highest BCUT2D eigenvalue weighted by Crippen LogP contribution is 2.27. The average Bonchev–Trinajstić information content (AvgIpc) is 2.75. The van der Waals surface area contributed by atoms with Gasteiger partial charge in [-0.1, -0.05) is 72.8 Å². The molecular formula is C24H25N3O. The van der Waals surface area contributed by atoms with Crippen LogP contribution in [0.25, 0.3) is 11.1 Å². The van der Waals surface area contributed by atoms with Crippen LogP contribution >= 0.6 is 0 Å². The number of carbonyl (C=O) groups excluding carboxylic acids is 1. The van der Waals surface area contributed by atoms with Crippen molar-refractivity contribution in [1.29, 1.82) is 0 Å². The van der Waals surface area contributed by atoms with E-state index < -0.39 is 0 Å². The minimum atomic E-state index is -0.166. The van der Waals surface area contributed by atoms with Crippen molar-refractivity contribution in [2.45, 2.75) is 13.0 Å². The van der Waals surface area contributed by atoms with Crippen LogP contribution in [0.5, 0.6) is 0 Å². The number of nitrogens with one attached hydrogen (secondary N) is 2. The molecule has 0 unspecified atom stereocenters. The van der Waals surface area contributed by atoms with Crippen molar-refractivity contribution in [3.63, 3.8) is 0 Å². The Bertz CT molecular complexity index is 939. The molecule has 3 aromatic carbocycles. The number of nitrogens with zero attached hydrogens (tertiary/aromatic N) is 1. The monoisotopic (exact) mass is 371 g/mol. The van der Waals surface area contributed by atoms with Crippen molar-refractivity contribution in [3.05, 3.63) is 90.0 Å². The molecular weight excluding hydrogens is 346 g/mol. The molecule has 1 aliphatic heterocycles. The predicted octanol–water partition coefficient (Wildman–Crippen LogP) is 4.53. The molecule has 4 rings (SSSR count). The van der Waals surface area contributed by atoms with Crippen molar-refractivity contribution in [2.75, 3.05) is 25.0 Å². The summed E-state index contributed by atoms with van der Waals surface area (Å²) in [6, 6.07) is 26.4. The van der Waals surface area contributed by atoms with E-state index in [-0.39, 0.29) is 6.03 Å². The number of amides is 2. The molecule has 0 atom stereocenters. The van der Waals surface area contributed by atoms with Crippen molar-refractivity contribution < 1.29 is 4.79 Å². The highest BCUT2D eigenvalue weighted by molar-refractivity contribution is 5.94. The van der Waals surface area contributed by atoms with E-state index in [1.165, 1.54) is 11.1 Å². The first-order chi connectivity index (χ1) is 13.8. The Morgan fingerprint density at radius 2 is 1.57 bits per heavy atom. The van der Waals surface area contributed by atoms with Crippen LogP contribution in [0.1, 0.15) is 11.1 Å². The third-order valence-electron chi connectivity index (χ3n) is 5.18. The first-order valence-electron chi connectivity index (χ1n) is 9.78. The first-order valence-corrected chi connectivity index (χ1v) is 9.78. The largest absolute Gasteiger partial charge is 0.337 e. The standard InChI is InChI=1S/C24H25N3O/c28-24(25-15-17-27-16-14-19-8-4-5-11-21(19)18-27)26-23-13-7-6-12-22(23)20-9-2-1-3-10-20/h1-13H,14-18H2,(H2,25,26,28). The van der Waals surface area contributed by atoms with Crippen LogP contribution in [-0.4, -0.2) is 30.6 Å². The van der Waals surface area contributed by atoms with E-state index in [0.29, 0.717) is 6.54 Å². The summed E-state index contributed by atoms with van der Waals surface area (Å²) in [6.07, 6.45) is 1.08. The van der Waals surface area contributed by atoms with Crippen LogP contribution in [-0.2, 0) is 13.0 Å². The summed E-state index contributed by atoms with van der Waals surface area (Å²) in [5.41, 5.74) is 5.77. The van der Waals surface area contributed by atoms with Crippen LogP contribution < -0.4 is 10.6 Å². The van der Waals surface area contributed by atoms with Gasteiger partial charge < -0.3 is 10.6 Å². The summed E-state index contributed by atoms with van der Waals surface area (Å²) >= 11 is 0. The third kappa shape index (κ3) is 4.41. The number of hydrogen-bond donors (Lipinski definition) is 2. The summed E-state index contributed by atoms with van der Waals surface area (Å²) in [5, 5.41) is 5.98. The maximum atomic E-state index is 12.4. The van der Waals surface area contributed by atoms with Crippen LogP contribution in [0, 0.1) is 0 Å². The van der Waals surface area contributed by atoms with E-state index in [2.05, 4.69) is 39.8 Å². The highest BCUT2D eigenvalue weighted by atomic mass is 16.2. The molecule has 0 saturated carbocycles. The van der Waals surface area contributed by atoms with Gasteiger partial charge in [-0.25, -0.2) is 4.79 Å². The topological polar surface area (TPSA) is 44.4 Å². The van der Waals surface area contributed by atoms with Gasteiger partial charge in [0.05, 0.1) is 5.69 Å². The van der Waals surface area contributed by atoms with E-state index in [9.17, 15) is 4.79 Å². The number of para-hydroxylation sites is 1. The average molecular weight is 371 g/mol. The molecule has 0 fully saturated rings. The molecule has 0 radical (unpaired) electrons. The maximum absolute atomic E-state index is 12.4. The number of carbonyl (C=O) groups is 1. The second-order valence-corrected chi connectivity index (χ2v) is 7.09. The maximum Gasteiger partial charge on any atom is 0.319 e. The lowest BCUT2D eigenvalue weighted by Gasteiger charge is -2.28. The van der Waals surface area contributed by atoms with E-state index >= 15 is 0 Å². The molecule has 1 heterocycles. The fourth-order valence-electron chi connectivity index (χ4n) is 3.70. The van der Waals surface area contributed by atoms with Crippen molar-refractivity contribution >= 4 is 11.7 Å². The Hall–Kier alpha value is -3.11. The van der Waals surface area contributed by atoms with Crippen LogP contribution in [0.3, 0.4) is 0 Å². The molecule has 0 spiro atoms. The van der Waals surface area contributed by atoms with Crippen LogP contribution in [0.4, 0.5) is 10.5 Å². The Balaban J connectivity index is 1.30. The minimum absolute atomic E-state index is 0.166. The van der Waals surface area contributed by atoms with E-state index in [4.69, 9.17) is 0 Å². The van der Waals surface area contributed by atoms with Gasteiger partial charge in [-0.2, -0.15) is 0 Å². The summed E-state index contributed by atoms with van der Waals surface area (Å²) in [4.78, 5) is 14.8. The number of anilines is 1. The number of rotatable bonds is 5. The SMILES string of the molecule is O=C(NCCN1CCc2ccccc2C1)Nc1ccccc1-c1ccccc1. The van der Waals surface area contributed by atoms with Gasteiger partial charge in [-0.05, 0) is 29.2 Å². The lowest BCUT2D eigenvalue weighted by molar-refractivity contribution is 0.239. The molecule has 142 valence electrons. The molecule has 2 amide bonds. The number of urea groups is 1. The third-order valence-corrected chi connectivity index (χ3v) is 5.18. The zero-order chi connectivity index (χ0) is 19.2. The predicted molar refractivity (Wildman–Crippen MR) is 114 cm³/mol. The smallest absolute Gasteiger partial charge is 0.319 e. The quantitative estimate of drug-likeness (QED) is 0.692. The van der Waals surface area contributed by atoms with Gasteiger partial charge >= 0.3 is 6.03 Å². The van der Waals surface area contributed by atoms with Gasteiger partial charge in [0.25, 0.3) is 0 Å². The Labute approximate surface area is 166 Å². The van der Waals surface area contributed by atoms with Crippen molar-refractivity contribution in [1.82, 2.24) is 10.2 Å². The van der Waals surface area contributed by atoms with E-state index in [1.54, 1.807) is 0 Å². The Morgan fingerprint density at radius 1 is 0.857 bits per heavy atom. The molecule has 4 nitrogen and oxygen atoms in total. The summed E-state index contributed by atoms with van der Waals surface area (Å²) in [7, 11) is 0. The van der Waals surface area contributed by atoms with Gasteiger partial charge in [0, 0.05) is 31.7 Å². The second kappa shape index (κ2) is 8.72. The van der Waals surface area contributed by atoms with Gasteiger partial charge in [-0.3, -0.25) is 4.90 Å². The molecule has 0 bridgehead atoms. The number of fused-ring (bicyclic) bond motifs is 1. The van der Waals surface area contributed by atoms with Crippen molar-refractivity contribution in [2.24, 2.45) is 0 Å². The fourth-order valence-corrected chi connectivity index (χ4v) is 3.70. The zero-order valence-electron chi connectivity index (χ0n) is 15.9. The van der Waals surface area contributed by atoms with Crippen LogP contribution in [0.15, 0.2) is 78.9 Å². The molecule has 0 saturated heterocycles. The van der Waals surface area contributed by atoms with Crippen molar-refractivity contribution in [3.8, 4) is 11.1 Å². The van der Waals surface area contributed by atoms with Crippen LogP contribution in [0.2, 0.25) is 0 Å². The summed E-state index contributed by atoms with van der Waals surface area (Å²) in [6.45, 7) is 3.47. The zero-order valence-corrected chi connectivity index (χ0v) is 15.9. The lowest BCUT2D eigenvalue weighted by Crippen LogP contribution is -2.39. The summed E-state index contributed by atoms with van der Waals surface area (Å²) < 4.78 is 0.